The largest absolute Gasteiger partial charge is 0.417 e. The Kier molecular flexibility index (Phi) is 2.31. The lowest BCUT2D eigenvalue weighted by Gasteiger charge is -1.97. The van der Waals surface area contributed by atoms with Crippen molar-refractivity contribution in [2.24, 2.45) is 5.73 Å². The summed E-state index contributed by atoms with van der Waals surface area (Å²) >= 11 is 0. The maximum atomic E-state index is 11.2. The summed E-state index contributed by atoms with van der Waals surface area (Å²) < 4.78 is 4.93. The van der Waals surface area contributed by atoms with Gasteiger partial charge in [0, 0.05) is 17.0 Å². The molecule has 2 heterocycles. The molecule has 1 amide bonds. The van der Waals surface area contributed by atoms with Crippen LogP contribution in [0.3, 0.4) is 0 Å². The predicted molar refractivity (Wildman–Crippen MR) is 69.9 cm³/mol. The Hall–Kier alpha value is -2.76. The molecular formula is C13H11N3O3. The molecule has 1 aromatic carbocycles. The summed E-state index contributed by atoms with van der Waals surface area (Å²) in [6, 6.07) is 6.96. The van der Waals surface area contributed by atoms with Crippen molar-refractivity contribution in [3.05, 3.63) is 46.1 Å². The van der Waals surface area contributed by atoms with Gasteiger partial charge in [-0.3, -0.25) is 9.78 Å². The molecule has 3 aromatic rings. The van der Waals surface area contributed by atoms with Crippen molar-refractivity contribution < 1.29 is 9.21 Å². The van der Waals surface area contributed by atoms with Gasteiger partial charge in [0.1, 0.15) is 0 Å². The van der Waals surface area contributed by atoms with Crippen molar-refractivity contribution in [3.63, 3.8) is 0 Å². The number of H-pyrrole nitrogens is 2. The third-order valence-electron chi connectivity index (χ3n) is 3.01. The standard InChI is InChI=1S/C13H11N3O3/c1-6-8(12(14)17)5-9(15-6)7-2-3-11-10(4-7)16-13(18)19-11/h2-5,15H,1H3,(H2,14,17)(H,16,18). The lowest BCUT2D eigenvalue weighted by Crippen LogP contribution is -2.10. The molecule has 0 aliphatic carbocycles. The highest BCUT2D eigenvalue weighted by molar-refractivity contribution is 5.95. The van der Waals surface area contributed by atoms with Gasteiger partial charge in [0.2, 0.25) is 0 Å². The van der Waals surface area contributed by atoms with E-state index in [9.17, 15) is 9.59 Å². The van der Waals surface area contributed by atoms with Crippen LogP contribution < -0.4 is 11.5 Å². The first-order chi connectivity index (χ1) is 9.04. The second kappa shape index (κ2) is 3.88. The monoisotopic (exact) mass is 257 g/mol. The Labute approximate surface area is 107 Å². The molecular weight excluding hydrogens is 246 g/mol. The molecule has 6 nitrogen and oxygen atoms in total. The number of hydrogen-bond acceptors (Lipinski definition) is 3. The molecule has 0 spiro atoms. The SMILES string of the molecule is Cc1[nH]c(-c2ccc3oc(=O)[nH]c3c2)cc1C(N)=O. The topological polar surface area (TPSA) is 105 Å². The molecule has 19 heavy (non-hydrogen) atoms. The summed E-state index contributed by atoms with van der Waals surface area (Å²) in [5, 5.41) is 0. The number of aromatic nitrogens is 2. The molecule has 0 saturated heterocycles. The van der Waals surface area contributed by atoms with E-state index in [1.54, 1.807) is 31.2 Å². The van der Waals surface area contributed by atoms with Crippen molar-refractivity contribution in [1.82, 2.24) is 9.97 Å². The van der Waals surface area contributed by atoms with E-state index < -0.39 is 11.7 Å². The van der Waals surface area contributed by atoms with E-state index in [4.69, 9.17) is 10.2 Å². The van der Waals surface area contributed by atoms with E-state index in [1.807, 2.05) is 0 Å². The molecule has 0 aliphatic rings. The molecule has 4 N–H and O–H groups in total. The average molecular weight is 257 g/mol. The number of benzene rings is 1. The van der Waals surface area contributed by atoms with Crippen molar-refractivity contribution in [2.45, 2.75) is 6.92 Å². The molecule has 0 unspecified atom stereocenters. The van der Waals surface area contributed by atoms with E-state index in [2.05, 4.69) is 9.97 Å². The van der Waals surface area contributed by atoms with Gasteiger partial charge in [0.15, 0.2) is 5.58 Å². The normalized spacial score (nSPS) is 11.0. The highest BCUT2D eigenvalue weighted by Gasteiger charge is 2.11. The van der Waals surface area contributed by atoms with Crippen LogP contribution in [0, 0.1) is 6.92 Å². The second-order valence-electron chi connectivity index (χ2n) is 4.31. The van der Waals surface area contributed by atoms with Gasteiger partial charge in [-0.1, -0.05) is 0 Å². The fourth-order valence-electron chi connectivity index (χ4n) is 2.09. The zero-order chi connectivity index (χ0) is 13.6. The average Bonchev–Trinajstić information content (AvgIpc) is 2.89. The van der Waals surface area contributed by atoms with Gasteiger partial charge in [-0.2, -0.15) is 0 Å². The zero-order valence-electron chi connectivity index (χ0n) is 10.1. The van der Waals surface area contributed by atoms with Crippen LogP contribution in [0.25, 0.3) is 22.4 Å². The number of nitrogens with one attached hydrogen (secondary N) is 2. The first-order valence-corrected chi connectivity index (χ1v) is 5.67. The summed E-state index contributed by atoms with van der Waals surface area (Å²) in [7, 11) is 0. The van der Waals surface area contributed by atoms with Crippen molar-refractivity contribution >= 4 is 17.0 Å². The molecule has 0 bridgehead atoms. The number of nitrogens with two attached hydrogens (primary N) is 1. The number of carbonyl (C=O) groups is 1. The molecule has 2 aromatic heterocycles. The number of hydrogen-bond donors (Lipinski definition) is 3. The molecule has 3 rings (SSSR count). The lowest BCUT2D eigenvalue weighted by atomic mass is 10.1. The summed E-state index contributed by atoms with van der Waals surface area (Å²) in [6.45, 7) is 1.78. The van der Waals surface area contributed by atoms with Gasteiger partial charge in [0.25, 0.3) is 5.91 Å². The van der Waals surface area contributed by atoms with Gasteiger partial charge in [-0.15, -0.1) is 0 Å². The quantitative estimate of drug-likeness (QED) is 0.648. The Morgan fingerprint density at radius 3 is 2.74 bits per heavy atom. The van der Waals surface area contributed by atoms with Gasteiger partial charge in [-0.05, 0) is 31.2 Å². The molecule has 0 aliphatic heterocycles. The third-order valence-corrected chi connectivity index (χ3v) is 3.01. The number of oxazole rings is 1. The number of primary amides is 1. The van der Waals surface area contributed by atoms with Crippen LogP contribution in [0.2, 0.25) is 0 Å². The predicted octanol–water partition coefficient (Wildman–Crippen LogP) is 1.52. The van der Waals surface area contributed by atoms with Gasteiger partial charge >= 0.3 is 5.76 Å². The summed E-state index contributed by atoms with van der Waals surface area (Å²) in [6.07, 6.45) is 0. The number of fused-ring (bicyclic) bond motifs is 1. The molecule has 0 fully saturated rings. The zero-order valence-corrected chi connectivity index (χ0v) is 10.1. The van der Waals surface area contributed by atoms with Crippen LogP contribution >= 0.6 is 0 Å². The number of rotatable bonds is 2. The Balaban J connectivity index is 2.15. The van der Waals surface area contributed by atoms with Crippen LogP contribution in [0.1, 0.15) is 16.1 Å². The van der Waals surface area contributed by atoms with Crippen molar-refractivity contribution in [1.29, 1.82) is 0 Å². The first-order valence-electron chi connectivity index (χ1n) is 5.67. The second-order valence-corrected chi connectivity index (χ2v) is 4.31. The Morgan fingerprint density at radius 1 is 1.26 bits per heavy atom. The van der Waals surface area contributed by atoms with Crippen molar-refractivity contribution in [2.75, 3.05) is 0 Å². The Bertz CT molecular complexity index is 838. The Morgan fingerprint density at radius 2 is 2.05 bits per heavy atom. The van der Waals surface area contributed by atoms with E-state index in [0.717, 1.165) is 11.3 Å². The molecule has 96 valence electrons. The van der Waals surface area contributed by atoms with E-state index >= 15 is 0 Å². The number of amides is 1. The molecule has 0 saturated carbocycles. The van der Waals surface area contributed by atoms with Gasteiger partial charge < -0.3 is 15.1 Å². The van der Waals surface area contributed by atoms with E-state index in [1.165, 1.54) is 0 Å². The van der Waals surface area contributed by atoms with E-state index in [-0.39, 0.29) is 0 Å². The third kappa shape index (κ3) is 1.83. The molecule has 6 heteroatoms. The number of carbonyl (C=O) groups excluding carboxylic acids is 1. The minimum absolute atomic E-state index is 0.454. The van der Waals surface area contributed by atoms with Crippen LogP contribution in [0.5, 0.6) is 0 Å². The van der Waals surface area contributed by atoms with Crippen LogP contribution in [-0.2, 0) is 0 Å². The molecule has 0 atom stereocenters. The highest BCUT2D eigenvalue weighted by atomic mass is 16.4. The van der Waals surface area contributed by atoms with Gasteiger partial charge in [-0.25, -0.2) is 4.79 Å². The maximum Gasteiger partial charge on any atom is 0.417 e. The minimum atomic E-state index is -0.493. The highest BCUT2D eigenvalue weighted by Crippen LogP contribution is 2.24. The van der Waals surface area contributed by atoms with Crippen LogP contribution in [-0.4, -0.2) is 15.9 Å². The fourth-order valence-corrected chi connectivity index (χ4v) is 2.09. The summed E-state index contributed by atoms with van der Waals surface area (Å²) in [5.74, 6) is -0.967. The first kappa shape index (κ1) is 11.3. The summed E-state index contributed by atoms with van der Waals surface area (Å²) in [4.78, 5) is 28.0. The summed E-state index contributed by atoms with van der Waals surface area (Å²) in [5.41, 5.74) is 9.14. The maximum absolute atomic E-state index is 11.2. The lowest BCUT2D eigenvalue weighted by molar-refractivity contribution is 0.1000. The smallest absolute Gasteiger partial charge is 0.408 e. The van der Waals surface area contributed by atoms with Crippen molar-refractivity contribution in [3.8, 4) is 11.3 Å². The van der Waals surface area contributed by atoms with Crippen LogP contribution in [0.4, 0.5) is 0 Å². The fraction of sp³-hybridized carbons (Fsp3) is 0.0769. The molecule has 0 radical (unpaired) electrons. The number of aromatic amines is 2. The van der Waals surface area contributed by atoms with E-state index in [0.29, 0.717) is 22.4 Å². The van der Waals surface area contributed by atoms with Crippen LogP contribution in [0.15, 0.2) is 33.5 Å². The van der Waals surface area contributed by atoms with Gasteiger partial charge in [0.05, 0.1) is 11.1 Å². The number of aryl methyl sites for hydroxylation is 1. The minimum Gasteiger partial charge on any atom is -0.408 e.